The van der Waals surface area contributed by atoms with Gasteiger partial charge in [0.15, 0.2) is 0 Å². The first-order valence-electron chi connectivity index (χ1n) is 5.74. The van der Waals surface area contributed by atoms with E-state index < -0.39 is 0 Å². The first kappa shape index (κ1) is 16.1. The second kappa shape index (κ2) is 7.62. The molecule has 1 N–H and O–H groups in total. The number of nitrogens with one attached hydrogen (secondary N) is 1. The lowest BCUT2D eigenvalue weighted by Crippen LogP contribution is -2.42. The van der Waals surface area contributed by atoms with E-state index in [1.165, 1.54) is 12.0 Å². The second-order valence-electron chi connectivity index (χ2n) is 4.10. The maximum atomic E-state index is 11.7. The third-order valence-electron chi connectivity index (χ3n) is 2.86. The van der Waals surface area contributed by atoms with Gasteiger partial charge in [-0.05, 0) is 43.8 Å². The number of esters is 1. The Morgan fingerprint density at radius 1 is 1.56 bits per heavy atom. The van der Waals surface area contributed by atoms with Gasteiger partial charge in [-0.1, -0.05) is 20.3 Å². The smallest absolute Gasteiger partial charge is 0.323 e. The van der Waals surface area contributed by atoms with Crippen LogP contribution < -0.4 is 5.32 Å². The van der Waals surface area contributed by atoms with Gasteiger partial charge in [0.1, 0.15) is 6.04 Å². The van der Waals surface area contributed by atoms with E-state index in [-0.39, 0.29) is 17.9 Å². The molecule has 1 rings (SSSR count). The summed E-state index contributed by atoms with van der Waals surface area (Å²) in [4.78, 5) is 12.9. The lowest BCUT2D eigenvalue weighted by molar-refractivity contribution is -0.144. The van der Waals surface area contributed by atoms with Crippen LogP contribution in [0.1, 0.15) is 25.1 Å². The maximum absolute atomic E-state index is 11.7. The van der Waals surface area contributed by atoms with Crippen molar-refractivity contribution in [1.82, 2.24) is 5.32 Å². The van der Waals surface area contributed by atoms with Gasteiger partial charge < -0.3 is 4.74 Å². The molecule has 0 aliphatic rings. The van der Waals surface area contributed by atoms with Crippen LogP contribution in [0.15, 0.2) is 14.3 Å². The first-order chi connectivity index (χ1) is 8.49. The van der Waals surface area contributed by atoms with E-state index in [9.17, 15) is 4.79 Å². The summed E-state index contributed by atoms with van der Waals surface area (Å²) in [5, 5.41) is 3.27. The lowest BCUT2D eigenvalue weighted by Gasteiger charge is -2.21. The van der Waals surface area contributed by atoms with Gasteiger partial charge in [-0.15, -0.1) is 11.3 Å². The Labute approximate surface area is 129 Å². The number of hydrogen-bond donors (Lipinski definition) is 1. The highest BCUT2D eigenvalue weighted by Gasteiger charge is 2.24. The molecule has 0 radical (unpaired) electrons. The van der Waals surface area contributed by atoms with Crippen LogP contribution in [0.4, 0.5) is 0 Å². The molecule has 102 valence electrons. The molecule has 18 heavy (non-hydrogen) atoms. The minimum absolute atomic E-state index is 0.195. The molecular formula is C12H17Br2NO2S. The van der Waals surface area contributed by atoms with Crippen molar-refractivity contribution in [2.75, 3.05) is 7.11 Å². The third kappa shape index (κ3) is 4.33. The third-order valence-corrected chi connectivity index (χ3v) is 6.12. The second-order valence-corrected chi connectivity index (χ2v) is 7.41. The van der Waals surface area contributed by atoms with Crippen molar-refractivity contribution >= 4 is 49.2 Å². The average Bonchev–Trinajstić information content (AvgIpc) is 2.68. The molecule has 3 nitrogen and oxygen atoms in total. The number of carbonyl (C=O) groups excluding carboxylic acids is 1. The average molecular weight is 399 g/mol. The van der Waals surface area contributed by atoms with Crippen LogP contribution in [0.2, 0.25) is 0 Å². The molecule has 0 bridgehead atoms. The highest BCUT2D eigenvalue weighted by Crippen LogP contribution is 2.32. The SMILES string of the molecule is CCC(C)C(NCc1cc(Br)c(Br)s1)C(=O)OC. The number of hydrogen-bond acceptors (Lipinski definition) is 4. The van der Waals surface area contributed by atoms with Gasteiger partial charge in [0.25, 0.3) is 0 Å². The number of halogens is 2. The summed E-state index contributed by atoms with van der Waals surface area (Å²) >= 11 is 8.56. The molecule has 1 aromatic heterocycles. The quantitative estimate of drug-likeness (QED) is 0.737. The summed E-state index contributed by atoms with van der Waals surface area (Å²) < 4.78 is 6.95. The minimum Gasteiger partial charge on any atom is -0.468 e. The summed E-state index contributed by atoms with van der Waals surface area (Å²) in [5.74, 6) is 0.0586. The Morgan fingerprint density at radius 3 is 2.67 bits per heavy atom. The zero-order valence-electron chi connectivity index (χ0n) is 10.6. The molecule has 0 saturated carbocycles. The molecule has 2 unspecified atom stereocenters. The zero-order chi connectivity index (χ0) is 13.7. The lowest BCUT2D eigenvalue weighted by atomic mass is 9.99. The molecule has 0 fully saturated rings. The van der Waals surface area contributed by atoms with Crippen LogP contribution >= 0.6 is 43.2 Å². The minimum atomic E-state index is -0.250. The predicted molar refractivity (Wildman–Crippen MR) is 81.8 cm³/mol. The van der Waals surface area contributed by atoms with Crippen LogP contribution in [0.25, 0.3) is 0 Å². The van der Waals surface area contributed by atoms with Crippen molar-refractivity contribution in [2.24, 2.45) is 5.92 Å². The number of ether oxygens (including phenoxy) is 1. The summed E-state index contributed by atoms with van der Waals surface area (Å²) in [6.45, 7) is 4.79. The number of rotatable bonds is 6. The molecule has 0 aromatic carbocycles. The van der Waals surface area contributed by atoms with E-state index in [0.717, 1.165) is 14.7 Å². The summed E-state index contributed by atoms with van der Waals surface area (Å²) in [7, 11) is 1.43. The predicted octanol–water partition coefficient (Wildman–Crippen LogP) is 3.95. The van der Waals surface area contributed by atoms with Crippen molar-refractivity contribution < 1.29 is 9.53 Å². The molecule has 2 atom stereocenters. The van der Waals surface area contributed by atoms with Gasteiger partial charge in [0, 0.05) is 15.9 Å². The fraction of sp³-hybridized carbons (Fsp3) is 0.583. The topological polar surface area (TPSA) is 38.3 Å². The fourth-order valence-electron chi connectivity index (χ4n) is 1.57. The molecule has 6 heteroatoms. The van der Waals surface area contributed by atoms with Crippen molar-refractivity contribution in [2.45, 2.75) is 32.9 Å². The van der Waals surface area contributed by atoms with Gasteiger partial charge in [0.2, 0.25) is 0 Å². The van der Waals surface area contributed by atoms with Crippen LogP contribution in [-0.2, 0) is 16.1 Å². The highest BCUT2D eigenvalue weighted by molar-refractivity contribution is 9.13. The van der Waals surface area contributed by atoms with E-state index in [1.807, 2.05) is 6.07 Å². The van der Waals surface area contributed by atoms with Gasteiger partial charge in [-0.3, -0.25) is 10.1 Å². The Balaban J connectivity index is 2.64. The van der Waals surface area contributed by atoms with E-state index in [0.29, 0.717) is 6.54 Å². The summed E-state index contributed by atoms with van der Waals surface area (Å²) in [6, 6.07) is 1.80. The maximum Gasteiger partial charge on any atom is 0.323 e. The molecule has 1 heterocycles. The van der Waals surface area contributed by atoms with Crippen molar-refractivity contribution in [1.29, 1.82) is 0 Å². The molecule has 0 saturated heterocycles. The Morgan fingerprint density at radius 2 is 2.22 bits per heavy atom. The molecule has 0 aliphatic carbocycles. The Bertz CT molecular complexity index is 389. The molecule has 0 spiro atoms. The van der Waals surface area contributed by atoms with Crippen LogP contribution in [0.3, 0.4) is 0 Å². The van der Waals surface area contributed by atoms with E-state index >= 15 is 0 Å². The fourth-order valence-corrected chi connectivity index (χ4v) is 3.70. The van der Waals surface area contributed by atoms with Crippen molar-refractivity contribution in [3.05, 3.63) is 19.2 Å². The number of carbonyl (C=O) groups is 1. The van der Waals surface area contributed by atoms with Gasteiger partial charge in [-0.2, -0.15) is 0 Å². The standard InChI is InChI=1S/C12H17Br2NO2S/c1-4-7(2)10(12(16)17-3)15-6-8-5-9(13)11(14)18-8/h5,7,10,15H,4,6H2,1-3H3. The van der Waals surface area contributed by atoms with Crippen molar-refractivity contribution in [3.63, 3.8) is 0 Å². The zero-order valence-corrected chi connectivity index (χ0v) is 14.6. The summed E-state index contributed by atoms with van der Waals surface area (Å²) in [5.41, 5.74) is 0. The number of methoxy groups -OCH3 is 1. The molecule has 0 amide bonds. The summed E-state index contributed by atoms with van der Waals surface area (Å²) in [6.07, 6.45) is 0.935. The Kier molecular flexibility index (Phi) is 6.84. The van der Waals surface area contributed by atoms with Crippen LogP contribution in [-0.4, -0.2) is 19.1 Å². The van der Waals surface area contributed by atoms with E-state index in [4.69, 9.17) is 4.74 Å². The van der Waals surface area contributed by atoms with Gasteiger partial charge >= 0.3 is 5.97 Å². The van der Waals surface area contributed by atoms with E-state index in [1.54, 1.807) is 11.3 Å². The highest BCUT2D eigenvalue weighted by atomic mass is 79.9. The van der Waals surface area contributed by atoms with Gasteiger partial charge in [-0.25, -0.2) is 0 Å². The van der Waals surface area contributed by atoms with Crippen LogP contribution in [0.5, 0.6) is 0 Å². The van der Waals surface area contributed by atoms with Crippen molar-refractivity contribution in [3.8, 4) is 0 Å². The molecule has 1 aromatic rings. The largest absolute Gasteiger partial charge is 0.468 e. The monoisotopic (exact) mass is 397 g/mol. The van der Waals surface area contributed by atoms with Gasteiger partial charge in [0.05, 0.1) is 10.9 Å². The van der Waals surface area contributed by atoms with Crippen LogP contribution in [0, 0.1) is 5.92 Å². The molecular weight excluding hydrogens is 382 g/mol. The number of thiophene rings is 1. The Hall–Kier alpha value is 0.0900. The normalized spacial score (nSPS) is 14.3. The molecule has 0 aliphatic heterocycles. The first-order valence-corrected chi connectivity index (χ1v) is 8.14. The van der Waals surface area contributed by atoms with E-state index in [2.05, 4.69) is 51.0 Å².